The van der Waals surface area contributed by atoms with E-state index in [9.17, 15) is 4.79 Å². The molecule has 0 saturated carbocycles. The van der Waals surface area contributed by atoms with Crippen LogP contribution in [0.4, 0.5) is 0 Å². The summed E-state index contributed by atoms with van der Waals surface area (Å²) in [4.78, 5) is 14.7. The number of carbonyl (C=O) groups is 1. The second kappa shape index (κ2) is 7.61. The van der Waals surface area contributed by atoms with Crippen LogP contribution in [0.1, 0.15) is 22.5 Å². The van der Waals surface area contributed by atoms with E-state index in [2.05, 4.69) is 10.2 Å². The standard InChI is InChI=1S/C19H25N3O3/c1-21-7-4-5-18(21)19(23)20-15-6-8-22(13-15)12-14-9-16(24-2)11-17(10-14)25-3/h4-5,7,9-11,15H,6,8,12-13H2,1-3H3,(H,20,23)/t15-/m0/s1. The third-order valence-corrected chi connectivity index (χ3v) is 4.60. The van der Waals surface area contributed by atoms with Gasteiger partial charge in [0.25, 0.3) is 5.91 Å². The molecule has 0 unspecified atom stereocenters. The number of hydrogen-bond acceptors (Lipinski definition) is 4. The van der Waals surface area contributed by atoms with Gasteiger partial charge in [-0.1, -0.05) is 0 Å². The number of likely N-dealkylation sites (tertiary alicyclic amines) is 1. The Bertz CT molecular complexity index is 719. The Labute approximate surface area is 148 Å². The molecule has 1 aliphatic rings. The Balaban J connectivity index is 1.58. The number of ether oxygens (including phenoxy) is 2. The van der Waals surface area contributed by atoms with Gasteiger partial charge in [0.1, 0.15) is 17.2 Å². The summed E-state index contributed by atoms with van der Waals surface area (Å²) in [5, 5.41) is 3.13. The summed E-state index contributed by atoms with van der Waals surface area (Å²) < 4.78 is 12.5. The van der Waals surface area contributed by atoms with Crippen molar-refractivity contribution in [2.24, 2.45) is 7.05 Å². The number of nitrogens with one attached hydrogen (secondary N) is 1. The van der Waals surface area contributed by atoms with Crippen molar-refractivity contribution in [1.82, 2.24) is 14.8 Å². The Morgan fingerprint density at radius 3 is 2.56 bits per heavy atom. The maximum Gasteiger partial charge on any atom is 0.268 e. The van der Waals surface area contributed by atoms with Crippen LogP contribution in [0.5, 0.6) is 11.5 Å². The van der Waals surface area contributed by atoms with E-state index in [1.807, 2.05) is 48.1 Å². The summed E-state index contributed by atoms with van der Waals surface area (Å²) in [7, 11) is 5.19. The van der Waals surface area contributed by atoms with Crippen molar-refractivity contribution in [3.05, 3.63) is 47.8 Å². The fourth-order valence-electron chi connectivity index (χ4n) is 3.27. The van der Waals surface area contributed by atoms with Crippen molar-refractivity contribution in [3.8, 4) is 11.5 Å². The Kier molecular flexibility index (Phi) is 5.28. The topological polar surface area (TPSA) is 55.7 Å². The number of carbonyl (C=O) groups excluding carboxylic acids is 1. The SMILES string of the molecule is COc1cc(CN2CC[C@H](NC(=O)c3cccn3C)C2)cc(OC)c1. The fraction of sp³-hybridized carbons (Fsp3) is 0.421. The van der Waals surface area contributed by atoms with Gasteiger partial charge in [-0.2, -0.15) is 0 Å². The van der Waals surface area contributed by atoms with E-state index in [1.54, 1.807) is 14.2 Å². The van der Waals surface area contributed by atoms with Crippen LogP contribution in [0.2, 0.25) is 0 Å². The Morgan fingerprint density at radius 1 is 1.24 bits per heavy atom. The molecule has 2 aromatic rings. The molecular weight excluding hydrogens is 318 g/mol. The van der Waals surface area contributed by atoms with Crippen molar-refractivity contribution in [2.75, 3.05) is 27.3 Å². The lowest BCUT2D eigenvalue weighted by Gasteiger charge is -2.18. The van der Waals surface area contributed by atoms with E-state index in [4.69, 9.17) is 9.47 Å². The zero-order chi connectivity index (χ0) is 17.8. The molecule has 1 fully saturated rings. The molecule has 6 heteroatoms. The van der Waals surface area contributed by atoms with Gasteiger partial charge in [-0.25, -0.2) is 0 Å². The highest BCUT2D eigenvalue weighted by molar-refractivity contribution is 5.92. The molecule has 0 bridgehead atoms. The molecule has 1 atom stereocenters. The van der Waals surface area contributed by atoms with Crippen LogP contribution in [-0.4, -0.2) is 48.7 Å². The zero-order valence-electron chi connectivity index (χ0n) is 15.0. The minimum Gasteiger partial charge on any atom is -0.497 e. The van der Waals surface area contributed by atoms with Crippen LogP contribution < -0.4 is 14.8 Å². The summed E-state index contributed by atoms with van der Waals surface area (Å²) in [6, 6.07) is 9.82. The highest BCUT2D eigenvalue weighted by atomic mass is 16.5. The number of benzene rings is 1. The van der Waals surface area contributed by atoms with E-state index < -0.39 is 0 Å². The van der Waals surface area contributed by atoms with Crippen LogP contribution >= 0.6 is 0 Å². The molecular formula is C19H25N3O3. The van der Waals surface area contributed by atoms with Crippen molar-refractivity contribution in [3.63, 3.8) is 0 Å². The normalized spacial score (nSPS) is 17.5. The maximum atomic E-state index is 12.3. The lowest BCUT2D eigenvalue weighted by molar-refractivity contribution is 0.0929. The molecule has 6 nitrogen and oxygen atoms in total. The number of methoxy groups -OCH3 is 2. The molecule has 0 aliphatic carbocycles. The summed E-state index contributed by atoms with van der Waals surface area (Å²) in [5.74, 6) is 1.58. The van der Waals surface area contributed by atoms with Gasteiger partial charge in [0.2, 0.25) is 0 Å². The van der Waals surface area contributed by atoms with Crippen molar-refractivity contribution < 1.29 is 14.3 Å². The largest absolute Gasteiger partial charge is 0.497 e. The molecule has 1 amide bonds. The van der Waals surface area contributed by atoms with Gasteiger partial charge in [0.15, 0.2) is 0 Å². The van der Waals surface area contributed by atoms with E-state index in [-0.39, 0.29) is 11.9 Å². The van der Waals surface area contributed by atoms with E-state index in [1.165, 1.54) is 0 Å². The monoisotopic (exact) mass is 343 g/mol. The summed E-state index contributed by atoms with van der Waals surface area (Å²) in [6.45, 7) is 2.61. The first kappa shape index (κ1) is 17.4. The molecule has 1 saturated heterocycles. The lowest BCUT2D eigenvalue weighted by atomic mass is 10.2. The van der Waals surface area contributed by atoms with Crippen LogP contribution in [0.15, 0.2) is 36.5 Å². The molecule has 0 radical (unpaired) electrons. The number of amides is 1. The first-order valence-electron chi connectivity index (χ1n) is 8.45. The smallest absolute Gasteiger partial charge is 0.268 e. The number of rotatable bonds is 6. The molecule has 1 N–H and O–H groups in total. The van der Waals surface area contributed by atoms with Gasteiger partial charge in [0.05, 0.1) is 14.2 Å². The second-order valence-electron chi connectivity index (χ2n) is 6.42. The predicted octanol–water partition coefficient (Wildman–Crippen LogP) is 2.05. The van der Waals surface area contributed by atoms with Crippen molar-refractivity contribution in [1.29, 1.82) is 0 Å². The number of aromatic nitrogens is 1. The predicted molar refractivity (Wildman–Crippen MR) is 96.1 cm³/mol. The van der Waals surface area contributed by atoms with Crippen LogP contribution in [-0.2, 0) is 13.6 Å². The second-order valence-corrected chi connectivity index (χ2v) is 6.42. The third-order valence-electron chi connectivity index (χ3n) is 4.60. The van der Waals surface area contributed by atoms with Crippen LogP contribution in [0, 0.1) is 0 Å². The van der Waals surface area contributed by atoms with Gasteiger partial charge in [0, 0.05) is 45.0 Å². The first-order valence-corrected chi connectivity index (χ1v) is 8.45. The quantitative estimate of drug-likeness (QED) is 0.872. The highest BCUT2D eigenvalue weighted by Crippen LogP contribution is 2.24. The van der Waals surface area contributed by atoms with E-state index in [0.717, 1.165) is 43.1 Å². The summed E-state index contributed by atoms with van der Waals surface area (Å²) >= 11 is 0. The molecule has 1 aliphatic heterocycles. The van der Waals surface area contributed by atoms with Gasteiger partial charge >= 0.3 is 0 Å². The molecule has 2 heterocycles. The van der Waals surface area contributed by atoms with Gasteiger partial charge in [-0.15, -0.1) is 0 Å². The average molecular weight is 343 g/mol. The molecule has 1 aromatic carbocycles. The molecule has 0 spiro atoms. The van der Waals surface area contributed by atoms with E-state index >= 15 is 0 Å². The minimum atomic E-state index is -0.0117. The molecule has 25 heavy (non-hydrogen) atoms. The first-order chi connectivity index (χ1) is 12.1. The summed E-state index contributed by atoms with van der Waals surface area (Å²) in [5.41, 5.74) is 1.83. The Morgan fingerprint density at radius 2 is 1.96 bits per heavy atom. The van der Waals surface area contributed by atoms with Crippen LogP contribution in [0.25, 0.3) is 0 Å². The number of aryl methyl sites for hydroxylation is 1. The van der Waals surface area contributed by atoms with Crippen LogP contribution in [0.3, 0.4) is 0 Å². The number of hydrogen-bond donors (Lipinski definition) is 1. The molecule has 1 aromatic heterocycles. The summed E-state index contributed by atoms with van der Waals surface area (Å²) in [6.07, 6.45) is 2.84. The lowest BCUT2D eigenvalue weighted by Crippen LogP contribution is -2.37. The number of nitrogens with zero attached hydrogens (tertiary/aromatic N) is 2. The average Bonchev–Trinajstić information content (AvgIpc) is 3.23. The van der Waals surface area contributed by atoms with Gasteiger partial charge in [-0.3, -0.25) is 9.69 Å². The fourth-order valence-corrected chi connectivity index (χ4v) is 3.27. The maximum absolute atomic E-state index is 12.3. The third kappa shape index (κ3) is 4.14. The zero-order valence-corrected chi connectivity index (χ0v) is 15.0. The van der Waals surface area contributed by atoms with E-state index in [0.29, 0.717) is 5.69 Å². The van der Waals surface area contributed by atoms with Gasteiger partial charge < -0.3 is 19.4 Å². The van der Waals surface area contributed by atoms with Gasteiger partial charge in [-0.05, 0) is 36.2 Å². The molecule has 3 rings (SSSR count). The highest BCUT2D eigenvalue weighted by Gasteiger charge is 2.25. The van der Waals surface area contributed by atoms with Crippen molar-refractivity contribution >= 4 is 5.91 Å². The molecule has 134 valence electrons. The Hall–Kier alpha value is -2.47. The minimum absolute atomic E-state index is 0.0117. The van der Waals surface area contributed by atoms with Crippen molar-refractivity contribution in [2.45, 2.75) is 19.0 Å².